The van der Waals surface area contributed by atoms with Crippen molar-refractivity contribution >= 4 is 11.6 Å². The smallest absolute Gasteiger partial charge is 0.241 e. The standard InChI is InChI=1S/C19H21N3O2/c23-19(22-12-13-24-18-9-2-1-7-17(18)22)14-21-11-5-8-16(21)15-6-3-4-10-20-15/h1-4,6-7,9-10,16H,5,8,11-14H2/t16-/m0/s1. The number of carbonyl (C=O) groups is 1. The topological polar surface area (TPSA) is 45.7 Å². The van der Waals surface area contributed by atoms with Gasteiger partial charge in [-0.3, -0.25) is 14.7 Å². The molecule has 1 fully saturated rings. The van der Waals surface area contributed by atoms with Gasteiger partial charge in [-0.25, -0.2) is 0 Å². The van der Waals surface area contributed by atoms with E-state index < -0.39 is 0 Å². The fourth-order valence-corrected chi connectivity index (χ4v) is 3.61. The van der Waals surface area contributed by atoms with Crippen molar-refractivity contribution < 1.29 is 9.53 Å². The molecule has 2 aliphatic rings. The summed E-state index contributed by atoms with van der Waals surface area (Å²) in [4.78, 5) is 21.5. The SMILES string of the molecule is O=C(CN1CCC[C@H]1c1ccccn1)N1CCOc2ccccc21. The predicted octanol–water partition coefficient (Wildman–Crippen LogP) is 2.64. The molecule has 0 N–H and O–H groups in total. The third kappa shape index (κ3) is 2.87. The molecule has 124 valence electrons. The highest BCUT2D eigenvalue weighted by Gasteiger charge is 2.31. The van der Waals surface area contributed by atoms with E-state index in [2.05, 4.69) is 16.0 Å². The summed E-state index contributed by atoms with van der Waals surface area (Å²) in [7, 11) is 0. The number of pyridine rings is 1. The molecule has 4 rings (SSSR count). The average molecular weight is 323 g/mol. The van der Waals surface area contributed by atoms with Gasteiger partial charge < -0.3 is 9.64 Å². The van der Waals surface area contributed by atoms with Crippen LogP contribution in [0.5, 0.6) is 5.75 Å². The summed E-state index contributed by atoms with van der Waals surface area (Å²) in [6.07, 6.45) is 3.99. The molecule has 1 aromatic carbocycles. The second-order valence-electron chi connectivity index (χ2n) is 6.24. The Labute approximate surface area is 141 Å². The van der Waals surface area contributed by atoms with Crippen molar-refractivity contribution in [3.05, 3.63) is 54.4 Å². The fraction of sp³-hybridized carbons (Fsp3) is 0.368. The highest BCUT2D eigenvalue weighted by atomic mass is 16.5. The van der Waals surface area contributed by atoms with Crippen LogP contribution in [0.15, 0.2) is 48.7 Å². The summed E-state index contributed by atoms with van der Waals surface area (Å²) in [6.45, 7) is 2.53. The van der Waals surface area contributed by atoms with E-state index in [1.165, 1.54) is 0 Å². The summed E-state index contributed by atoms with van der Waals surface area (Å²) in [5.41, 5.74) is 1.94. The van der Waals surface area contributed by atoms with E-state index >= 15 is 0 Å². The summed E-state index contributed by atoms with van der Waals surface area (Å²) in [5.74, 6) is 0.924. The number of nitrogens with zero attached hydrogens (tertiary/aromatic N) is 3. The first kappa shape index (κ1) is 15.1. The second-order valence-corrected chi connectivity index (χ2v) is 6.24. The first-order chi connectivity index (χ1) is 11.8. The number of likely N-dealkylation sites (tertiary alicyclic amines) is 1. The van der Waals surface area contributed by atoms with Crippen LogP contribution in [0.1, 0.15) is 24.6 Å². The van der Waals surface area contributed by atoms with Gasteiger partial charge >= 0.3 is 0 Å². The molecular formula is C19H21N3O2. The van der Waals surface area contributed by atoms with Crippen molar-refractivity contribution in [3.63, 3.8) is 0 Å². The molecule has 1 saturated heterocycles. The number of para-hydroxylation sites is 2. The highest BCUT2D eigenvalue weighted by molar-refractivity contribution is 5.96. The lowest BCUT2D eigenvalue weighted by Crippen LogP contribution is -2.44. The van der Waals surface area contributed by atoms with Crippen LogP contribution in [0.2, 0.25) is 0 Å². The van der Waals surface area contributed by atoms with E-state index in [4.69, 9.17) is 4.74 Å². The van der Waals surface area contributed by atoms with Crippen LogP contribution in [-0.4, -0.2) is 42.0 Å². The Hall–Kier alpha value is -2.40. The zero-order valence-corrected chi connectivity index (χ0v) is 13.6. The van der Waals surface area contributed by atoms with Gasteiger partial charge in [-0.1, -0.05) is 18.2 Å². The minimum absolute atomic E-state index is 0.133. The van der Waals surface area contributed by atoms with Crippen LogP contribution < -0.4 is 9.64 Å². The minimum Gasteiger partial charge on any atom is -0.490 e. The lowest BCUT2D eigenvalue weighted by molar-refractivity contribution is -0.120. The summed E-state index contributed by atoms with van der Waals surface area (Å²) in [5, 5.41) is 0. The van der Waals surface area contributed by atoms with Crippen LogP contribution >= 0.6 is 0 Å². The predicted molar refractivity (Wildman–Crippen MR) is 92.1 cm³/mol. The summed E-state index contributed by atoms with van der Waals surface area (Å²) >= 11 is 0. The van der Waals surface area contributed by atoms with Crippen molar-refractivity contribution in [2.45, 2.75) is 18.9 Å². The van der Waals surface area contributed by atoms with Gasteiger partial charge in [0.05, 0.1) is 30.5 Å². The zero-order valence-electron chi connectivity index (χ0n) is 13.6. The Bertz CT molecular complexity index is 720. The maximum absolute atomic E-state index is 12.9. The molecule has 2 aliphatic heterocycles. The number of carbonyl (C=O) groups excluding carboxylic acids is 1. The van der Waals surface area contributed by atoms with Crippen molar-refractivity contribution in [2.24, 2.45) is 0 Å². The van der Waals surface area contributed by atoms with Crippen LogP contribution in [0.4, 0.5) is 5.69 Å². The summed E-state index contributed by atoms with van der Waals surface area (Å²) in [6, 6.07) is 14.0. The normalized spacial score (nSPS) is 20.5. The molecule has 0 spiro atoms. The highest BCUT2D eigenvalue weighted by Crippen LogP contribution is 2.33. The monoisotopic (exact) mass is 323 g/mol. The third-order valence-electron chi connectivity index (χ3n) is 4.76. The molecule has 0 radical (unpaired) electrons. The number of rotatable bonds is 3. The largest absolute Gasteiger partial charge is 0.490 e. The van der Waals surface area contributed by atoms with E-state index in [1.54, 1.807) is 0 Å². The van der Waals surface area contributed by atoms with Gasteiger partial charge in [0.15, 0.2) is 0 Å². The molecule has 0 unspecified atom stereocenters. The van der Waals surface area contributed by atoms with Gasteiger partial charge in [0.25, 0.3) is 0 Å². The molecule has 3 heterocycles. The minimum atomic E-state index is 0.133. The number of hydrogen-bond acceptors (Lipinski definition) is 4. The van der Waals surface area contributed by atoms with Crippen LogP contribution in [-0.2, 0) is 4.79 Å². The van der Waals surface area contributed by atoms with Crippen molar-refractivity contribution in [1.29, 1.82) is 0 Å². The number of benzene rings is 1. The number of aromatic nitrogens is 1. The van der Waals surface area contributed by atoms with Crippen LogP contribution in [0.25, 0.3) is 0 Å². The second kappa shape index (κ2) is 6.61. The van der Waals surface area contributed by atoms with E-state index in [0.717, 1.165) is 36.5 Å². The lowest BCUT2D eigenvalue weighted by Gasteiger charge is -2.32. The number of anilines is 1. The molecule has 1 atom stereocenters. The number of fused-ring (bicyclic) bond motifs is 1. The van der Waals surface area contributed by atoms with E-state index in [9.17, 15) is 4.79 Å². The number of ether oxygens (including phenoxy) is 1. The van der Waals surface area contributed by atoms with Gasteiger partial charge in [0, 0.05) is 6.20 Å². The first-order valence-electron chi connectivity index (χ1n) is 8.50. The Morgan fingerprint density at radius 3 is 2.92 bits per heavy atom. The van der Waals surface area contributed by atoms with Crippen molar-refractivity contribution in [2.75, 3.05) is 31.1 Å². The quantitative estimate of drug-likeness (QED) is 0.871. The Morgan fingerprint density at radius 2 is 2.04 bits per heavy atom. The summed E-state index contributed by atoms with van der Waals surface area (Å²) < 4.78 is 5.65. The average Bonchev–Trinajstić information content (AvgIpc) is 3.10. The molecule has 1 aromatic heterocycles. The zero-order chi connectivity index (χ0) is 16.4. The maximum atomic E-state index is 12.9. The van der Waals surface area contributed by atoms with Crippen LogP contribution in [0.3, 0.4) is 0 Å². The van der Waals surface area contributed by atoms with E-state index in [0.29, 0.717) is 19.7 Å². The Balaban J connectivity index is 1.50. The van der Waals surface area contributed by atoms with E-state index in [1.807, 2.05) is 47.5 Å². The van der Waals surface area contributed by atoms with Gasteiger partial charge in [-0.2, -0.15) is 0 Å². The lowest BCUT2D eigenvalue weighted by atomic mass is 10.1. The van der Waals surface area contributed by atoms with Crippen molar-refractivity contribution in [1.82, 2.24) is 9.88 Å². The maximum Gasteiger partial charge on any atom is 0.241 e. The molecule has 1 amide bonds. The molecule has 0 saturated carbocycles. The molecule has 2 aromatic rings. The molecule has 0 bridgehead atoms. The van der Waals surface area contributed by atoms with Crippen molar-refractivity contribution in [3.8, 4) is 5.75 Å². The Morgan fingerprint density at radius 1 is 1.17 bits per heavy atom. The number of hydrogen-bond donors (Lipinski definition) is 0. The van der Waals surface area contributed by atoms with Gasteiger partial charge in [-0.05, 0) is 43.7 Å². The van der Waals surface area contributed by atoms with Crippen LogP contribution in [0, 0.1) is 0 Å². The first-order valence-corrected chi connectivity index (χ1v) is 8.50. The van der Waals surface area contributed by atoms with E-state index in [-0.39, 0.29) is 11.9 Å². The fourth-order valence-electron chi connectivity index (χ4n) is 3.61. The number of amides is 1. The molecule has 24 heavy (non-hydrogen) atoms. The van der Waals surface area contributed by atoms with Gasteiger partial charge in [0.2, 0.25) is 5.91 Å². The third-order valence-corrected chi connectivity index (χ3v) is 4.76. The molecule has 0 aliphatic carbocycles. The van der Waals surface area contributed by atoms with Gasteiger partial charge in [-0.15, -0.1) is 0 Å². The molecule has 5 heteroatoms. The molecular weight excluding hydrogens is 302 g/mol. The molecule has 5 nitrogen and oxygen atoms in total. The van der Waals surface area contributed by atoms with Gasteiger partial charge in [0.1, 0.15) is 12.4 Å². The Kier molecular flexibility index (Phi) is 4.17.